The van der Waals surface area contributed by atoms with Crippen LogP contribution in [-0.2, 0) is 17.8 Å². The molecule has 0 atom stereocenters. The van der Waals surface area contributed by atoms with Crippen LogP contribution < -0.4 is 0 Å². The van der Waals surface area contributed by atoms with Gasteiger partial charge in [0.05, 0.1) is 12.6 Å². The largest absolute Gasteiger partial charge is 0.481 e. The number of hydrogen-bond donors (Lipinski definition) is 1. The Bertz CT molecular complexity index is 608. The average molecular weight is 293 g/mol. The molecular weight excluding hydrogens is 276 g/mol. The molecule has 0 radical (unpaired) electrons. The molecule has 5 heteroatoms. The number of aliphatic carboxylic acids is 1. The highest BCUT2D eigenvalue weighted by Gasteiger charge is 2.09. The molecule has 0 unspecified atom stereocenters. The molecule has 106 valence electrons. The normalized spacial score (nSPS) is 10.7. The number of carboxylic acid groups (broad SMARTS) is 1. The summed E-state index contributed by atoms with van der Waals surface area (Å²) < 4.78 is 1.89. The van der Waals surface area contributed by atoms with Gasteiger partial charge in [-0.05, 0) is 24.1 Å². The molecule has 0 bridgehead atoms. The third-order valence-corrected chi connectivity index (χ3v) is 3.40. The number of carbonyl (C=O) groups is 1. The van der Waals surface area contributed by atoms with E-state index in [1.807, 2.05) is 16.9 Å². The second kappa shape index (κ2) is 6.57. The van der Waals surface area contributed by atoms with E-state index in [9.17, 15) is 4.79 Å². The predicted octanol–water partition coefficient (Wildman–Crippen LogP) is 3.63. The number of carboxylic acids is 1. The van der Waals surface area contributed by atoms with Gasteiger partial charge in [-0.25, -0.2) is 0 Å². The van der Waals surface area contributed by atoms with Gasteiger partial charge in [-0.2, -0.15) is 5.10 Å². The first-order valence-corrected chi connectivity index (χ1v) is 7.01. The van der Waals surface area contributed by atoms with E-state index in [0.717, 1.165) is 36.1 Å². The van der Waals surface area contributed by atoms with E-state index in [1.165, 1.54) is 0 Å². The van der Waals surface area contributed by atoms with E-state index >= 15 is 0 Å². The first kappa shape index (κ1) is 14.6. The van der Waals surface area contributed by atoms with E-state index in [0.29, 0.717) is 5.02 Å². The lowest BCUT2D eigenvalue weighted by atomic mass is 10.0. The smallest absolute Gasteiger partial charge is 0.307 e. The lowest BCUT2D eigenvalue weighted by Crippen LogP contribution is -2.00. The van der Waals surface area contributed by atoms with Crippen molar-refractivity contribution in [2.75, 3.05) is 0 Å². The first-order chi connectivity index (χ1) is 9.60. The Morgan fingerprint density at radius 3 is 2.95 bits per heavy atom. The van der Waals surface area contributed by atoms with Crippen molar-refractivity contribution in [2.45, 2.75) is 32.7 Å². The summed E-state index contributed by atoms with van der Waals surface area (Å²) >= 11 is 6.20. The molecular formula is C15H17ClN2O2. The summed E-state index contributed by atoms with van der Waals surface area (Å²) in [6, 6.07) is 5.29. The molecule has 0 aliphatic rings. The molecule has 2 aromatic rings. The number of halogens is 1. The minimum Gasteiger partial charge on any atom is -0.481 e. The molecule has 1 N–H and O–H groups in total. The zero-order valence-corrected chi connectivity index (χ0v) is 12.1. The van der Waals surface area contributed by atoms with Crippen molar-refractivity contribution >= 4 is 17.6 Å². The van der Waals surface area contributed by atoms with Crippen LogP contribution in [0.2, 0.25) is 5.02 Å². The summed E-state index contributed by atoms with van der Waals surface area (Å²) in [7, 11) is 0. The number of nitrogens with zero attached hydrogens (tertiary/aromatic N) is 2. The Morgan fingerprint density at radius 2 is 2.25 bits per heavy atom. The quantitative estimate of drug-likeness (QED) is 0.884. The molecule has 0 aliphatic heterocycles. The van der Waals surface area contributed by atoms with Gasteiger partial charge in [-0.15, -0.1) is 0 Å². The van der Waals surface area contributed by atoms with Crippen LogP contribution >= 0.6 is 11.6 Å². The van der Waals surface area contributed by atoms with Gasteiger partial charge < -0.3 is 5.11 Å². The number of aromatic nitrogens is 2. The van der Waals surface area contributed by atoms with Crippen molar-refractivity contribution < 1.29 is 9.90 Å². The van der Waals surface area contributed by atoms with Crippen LogP contribution in [0.25, 0.3) is 11.1 Å². The van der Waals surface area contributed by atoms with Crippen LogP contribution in [0.15, 0.2) is 30.6 Å². The molecule has 0 saturated carbocycles. The van der Waals surface area contributed by atoms with Gasteiger partial charge in [0.2, 0.25) is 0 Å². The maximum Gasteiger partial charge on any atom is 0.307 e. The van der Waals surface area contributed by atoms with Crippen molar-refractivity contribution in [3.8, 4) is 11.1 Å². The zero-order valence-electron chi connectivity index (χ0n) is 11.3. The van der Waals surface area contributed by atoms with E-state index in [1.54, 1.807) is 18.3 Å². The number of unbranched alkanes of at least 4 members (excludes halogenated alkanes) is 1. The highest BCUT2D eigenvalue weighted by Crippen LogP contribution is 2.28. The molecule has 1 aromatic heterocycles. The molecule has 0 amide bonds. The molecule has 0 fully saturated rings. The van der Waals surface area contributed by atoms with Crippen LogP contribution in [0.3, 0.4) is 0 Å². The average Bonchev–Trinajstić information content (AvgIpc) is 2.86. The second-order valence-electron chi connectivity index (χ2n) is 4.73. The molecule has 20 heavy (non-hydrogen) atoms. The minimum atomic E-state index is -0.850. The maximum absolute atomic E-state index is 10.8. The van der Waals surface area contributed by atoms with Crippen molar-refractivity contribution in [3.05, 3.63) is 41.2 Å². The van der Waals surface area contributed by atoms with Crippen molar-refractivity contribution in [2.24, 2.45) is 0 Å². The number of rotatable bonds is 6. The van der Waals surface area contributed by atoms with Crippen LogP contribution in [0.1, 0.15) is 25.3 Å². The van der Waals surface area contributed by atoms with E-state index in [4.69, 9.17) is 16.7 Å². The first-order valence-electron chi connectivity index (χ1n) is 6.63. The lowest BCUT2D eigenvalue weighted by molar-refractivity contribution is -0.136. The SMILES string of the molecule is CCCCn1cc(-c2cc(CC(=O)O)ccc2Cl)cn1. The van der Waals surface area contributed by atoms with Gasteiger partial charge in [0.15, 0.2) is 0 Å². The van der Waals surface area contributed by atoms with Gasteiger partial charge >= 0.3 is 5.97 Å². The maximum atomic E-state index is 10.8. The monoisotopic (exact) mass is 292 g/mol. The molecule has 0 saturated heterocycles. The standard InChI is InChI=1S/C15H17ClN2O2/c1-2-3-6-18-10-12(9-17-18)13-7-11(8-15(19)20)4-5-14(13)16/h4-5,7,9-10H,2-3,6,8H2,1H3,(H,19,20). The summed E-state index contributed by atoms with van der Waals surface area (Å²) in [4.78, 5) is 10.8. The van der Waals surface area contributed by atoms with Gasteiger partial charge in [-0.1, -0.05) is 31.0 Å². The topological polar surface area (TPSA) is 55.1 Å². The Kier molecular flexibility index (Phi) is 4.79. The molecule has 4 nitrogen and oxygen atoms in total. The summed E-state index contributed by atoms with van der Waals surface area (Å²) in [5.41, 5.74) is 2.48. The molecule has 0 spiro atoms. The summed E-state index contributed by atoms with van der Waals surface area (Å²) in [6.45, 7) is 3.01. The fourth-order valence-electron chi connectivity index (χ4n) is 2.02. The zero-order chi connectivity index (χ0) is 14.5. The number of hydrogen-bond acceptors (Lipinski definition) is 2. The van der Waals surface area contributed by atoms with Crippen molar-refractivity contribution in [1.29, 1.82) is 0 Å². The lowest BCUT2D eigenvalue weighted by Gasteiger charge is -2.04. The Labute approximate surface area is 123 Å². The number of benzene rings is 1. The third kappa shape index (κ3) is 3.61. The predicted molar refractivity (Wildman–Crippen MR) is 78.9 cm³/mol. The Hall–Kier alpha value is -1.81. The van der Waals surface area contributed by atoms with E-state index in [2.05, 4.69) is 12.0 Å². The highest BCUT2D eigenvalue weighted by molar-refractivity contribution is 6.33. The number of aryl methyl sites for hydroxylation is 1. The van der Waals surface area contributed by atoms with Gasteiger partial charge in [0.1, 0.15) is 0 Å². The van der Waals surface area contributed by atoms with Crippen molar-refractivity contribution in [3.63, 3.8) is 0 Å². The molecule has 1 heterocycles. The van der Waals surface area contributed by atoms with Crippen LogP contribution in [0.4, 0.5) is 0 Å². The van der Waals surface area contributed by atoms with Crippen LogP contribution in [-0.4, -0.2) is 20.9 Å². The minimum absolute atomic E-state index is 0.00581. The molecule has 0 aliphatic carbocycles. The Balaban J connectivity index is 2.26. The fraction of sp³-hybridized carbons (Fsp3) is 0.333. The van der Waals surface area contributed by atoms with Crippen LogP contribution in [0, 0.1) is 0 Å². The fourth-order valence-corrected chi connectivity index (χ4v) is 2.25. The summed E-state index contributed by atoms with van der Waals surface area (Å²) in [5, 5.41) is 13.8. The van der Waals surface area contributed by atoms with Gasteiger partial charge in [0, 0.05) is 28.9 Å². The second-order valence-corrected chi connectivity index (χ2v) is 5.14. The molecule has 2 rings (SSSR count). The molecule has 1 aromatic carbocycles. The van der Waals surface area contributed by atoms with Crippen molar-refractivity contribution in [1.82, 2.24) is 9.78 Å². The third-order valence-electron chi connectivity index (χ3n) is 3.07. The van der Waals surface area contributed by atoms with E-state index < -0.39 is 5.97 Å². The highest BCUT2D eigenvalue weighted by atomic mass is 35.5. The summed E-state index contributed by atoms with van der Waals surface area (Å²) in [5.74, 6) is -0.850. The van der Waals surface area contributed by atoms with Crippen LogP contribution in [0.5, 0.6) is 0 Å². The van der Waals surface area contributed by atoms with Gasteiger partial charge in [0.25, 0.3) is 0 Å². The van der Waals surface area contributed by atoms with E-state index in [-0.39, 0.29) is 6.42 Å². The van der Waals surface area contributed by atoms with Gasteiger partial charge in [-0.3, -0.25) is 9.48 Å². The Morgan fingerprint density at radius 1 is 1.45 bits per heavy atom. The summed E-state index contributed by atoms with van der Waals surface area (Å²) in [6.07, 6.45) is 5.90.